The van der Waals surface area contributed by atoms with E-state index < -0.39 is 58.0 Å². The van der Waals surface area contributed by atoms with Crippen molar-refractivity contribution in [1.82, 2.24) is 4.57 Å². The molecule has 0 radical (unpaired) electrons. The highest BCUT2D eigenvalue weighted by Gasteiger charge is 2.56. The Hall–Kier alpha value is -4.07. The number of rotatable bonds is 6. The van der Waals surface area contributed by atoms with Crippen LogP contribution in [-0.4, -0.2) is 41.6 Å². The molecule has 2 aliphatic heterocycles. The largest absolute Gasteiger partial charge is 0.416 e. The third kappa shape index (κ3) is 5.75. The molecule has 14 heteroatoms. The first-order valence-electron chi connectivity index (χ1n) is 13.6. The van der Waals surface area contributed by atoms with Crippen molar-refractivity contribution in [1.29, 1.82) is 0 Å². The van der Waals surface area contributed by atoms with E-state index in [-0.39, 0.29) is 5.69 Å². The van der Waals surface area contributed by atoms with Gasteiger partial charge in [0.15, 0.2) is 0 Å². The van der Waals surface area contributed by atoms with E-state index in [1.165, 1.54) is 16.7 Å². The van der Waals surface area contributed by atoms with E-state index in [9.17, 15) is 32.3 Å². The zero-order valence-electron chi connectivity index (χ0n) is 23.7. The Bertz CT molecular complexity index is 1870. The Balaban J connectivity index is 1.38. The monoisotopic (exact) mass is 672 g/mol. The van der Waals surface area contributed by atoms with Crippen molar-refractivity contribution < 1.29 is 27.6 Å². The van der Waals surface area contributed by atoms with E-state index in [4.69, 9.17) is 11.6 Å². The predicted molar refractivity (Wildman–Crippen MR) is 168 cm³/mol. The van der Waals surface area contributed by atoms with Crippen molar-refractivity contribution in [2.45, 2.75) is 28.9 Å². The Kier molecular flexibility index (Phi) is 8.04. The first-order chi connectivity index (χ1) is 21.3. The van der Waals surface area contributed by atoms with E-state index in [0.717, 1.165) is 51.4 Å². The lowest BCUT2D eigenvalue weighted by atomic mass is 9.83. The van der Waals surface area contributed by atoms with Crippen molar-refractivity contribution in [3.8, 4) is 0 Å². The van der Waals surface area contributed by atoms with Crippen molar-refractivity contribution >= 4 is 69.5 Å². The maximum absolute atomic E-state index is 14.0. The van der Waals surface area contributed by atoms with Gasteiger partial charge in [0, 0.05) is 41.3 Å². The average Bonchev–Trinajstić information content (AvgIpc) is 3.43. The van der Waals surface area contributed by atoms with Crippen LogP contribution in [0.25, 0.3) is 0 Å². The topological polar surface area (TPSA) is 91.7 Å². The van der Waals surface area contributed by atoms with Crippen LogP contribution in [0.5, 0.6) is 0 Å². The van der Waals surface area contributed by atoms with E-state index in [0.29, 0.717) is 20.6 Å². The molecule has 0 spiro atoms. The van der Waals surface area contributed by atoms with Gasteiger partial charge in [-0.25, -0.2) is 4.90 Å². The molecule has 1 saturated heterocycles. The molecule has 2 aliphatic rings. The molecule has 1 aromatic heterocycles. The molecule has 0 bridgehead atoms. The summed E-state index contributed by atoms with van der Waals surface area (Å²) in [6.45, 7) is -0.499. The van der Waals surface area contributed by atoms with Gasteiger partial charge < -0.3 is 10.2 Å². The quantitative estimate of drug-likeness (QED) is 0.250. The van der Waals surface area contributed by atoms with Crippen LogP contribution in [0.2, 0.25) is 5.02 Å². The standard InChI is InChI=1S/C31H24ClF3N4O4S2/c1-37(2)20-10-6-16(7-11-20)23-24-25(28(42)39(27(24)41)21-12-8-18(32)9-13-21)44-29-26(23)45-30(43)38(29)15-22(40)36-19-5-3-4-17(14-19)31(33,34)35/h3-14,23-25H,15H2,1-2H3,(H,36,40). The molecule has 3 unspecified atom stereocenters. The number of thiazole rings is 1. The second kappa shape index (κ2) is 11.7. The van der Waals surface area contributed by atoms with Crippen LogP contribution in [0.4, 0.5) is 30.2 Å². The first-order valence-corrected chi connectivity index (χ1v) is 15.7. The van der Waals surface area contributed by atoms with Crippen LogP contribution < -0.4 is 20.0 Å². The zero-order chi connectivity index (χ0) is 32.2. The second-order valence-electron chi connectivity index (χ2n) is 10.8. The second-order valence-corrected chi connectivity index (χ2v) is 13.3. The predicted octanol–water partition coefficient (Wildman–Crippen LogP) is 6.08. The van der Waals surface area contributed by atoms with Crippen LogP contribution in [0, 0.1) is 5.92 Å². The molecule has 0 saturated carbocycles. The molecule has 0 aliphatic carbocycles. The number of nitrogens with one attached hydrogen (secondary N) is 1. The molecule has 1 fully saturated rings. The Labute approximate surface area is 268 Å². The Morgan fingerprint density at radius 2 is 1.67 bits per heavy atom. The summed E-state index contributed by atoms with van der Waals surface area (Å²) in [7, 11) is 3.78. The third-order valence-corrected chi connectivity index (χ3v) is 10.5. The van der Waals surface area contributed by atoms with Crippen LogP contribution in [0.1, 0.15) is 21.9 Å². The molecule has 3 atom stereocenters. The van der Waals surface area contributed by atoms with Crippen LogP contribution in [0.3, 0.4) is 0 Å². The summed E-state index contributed by atoms with van der Waals surface area (Å²) in [4.78, 5) is 57.3. The fourth-order valence-corrected chi connectivity index (χ4v) is 8.46. The minimum Gasteiger partial charge on any atom is -0.378 e. The molecular weight excluding hydrogens is 649 g/mol. The fraction of sp³-hybridized carbons (Fsp3) is 0.226. The number of hydrogen-bond donors (Lipinski definition) is 1. The number of alkyl halides is 3. The number of carbonyl (C=O) groups excluding carboxylic acids is 3. The molecule has 3 aromatic carbocycles. The minimum absolute atomic E-state index is 0.0753. The van der Waals surface area contributed by atoms with Crippen LogP contribution in [-0.2, 0) is 27.1 Å². The number of nitrogens with zero attached hydrogens (tertiary/aromatic N) is 3. The molecule has 3 heterocycles. The summed E-state index contributed by atoms with van der Waals surface area (Å²) in [6, 6.07) is 18.0. The number of anilines is 3. The lowest BCUT2D eigenvalue weighted by molar-refractivity contribution is -0.137. The van der Waals surface area contributed by atoms with Gasteiger partial charge in [-0.2, -0.15) is 13.2 Å². The Morgan fingerprint density at radius 3 is 2.31 bits per heavy atom. The van der Waals surface area contributed by atoms with Gasteiger partial charge >= 0.3 is 11.0 Å². The van der Waals surface area contributed by atoms with Gasteiger partial charge in [-0.3, -0.25) is 23.7 Å². The summed E-state index contributed by atoms with van der Waals surface area (Å²) in [5.74, 6) is -3.09. The van der Waals surface area contributed by atoms with E-state index in [1.807, 2.05) is 43.3 Å². The zero-order valence-corrected chi connectivity index (χ0v) is 26.1. The molecular formula is C31H24ClF3N4O4S2. The summed E-state index contributed by atoms with van der Waals surface area (Å²) < 4.78 is 40.8. The highest BCUT2D eigenvalue weighted by Crippen LogP contribution is 2.54. The molecule has 4 aromatic rings. The minimum atomic E-state index is -4.60. The number of carbonyl (C=O) groups is 3. The van der Waals surface area contributed by atoms with Crippen LogP contribution in [0.15, 0.2) is 82.6 Å². The highest BCUT2D eigenvalue weighted by molar-refractivity contribution is 8.00. The normalized spacial score (nSPS) is 19.3. The van der Waals surface area contributed by atoms with Crippen molar-refractivity contribution in [2.75, 3.05) is 29.2 Å². The number of hydrogen-bond acceptors (Lipinski definition) is 7. The molecule has 6 rings (SSSR count). The SMILES string of the molecule is CN(C)c1ccc(C2c3sc(=O)n(CC(=O)Nc4cccc(C(F)(F)F)c4)c3SC3C(=O)N(c4ccc(Cl)cc4)C(=O)C32)cc1. The van der Waals surface area contributed by atoms with Gasteiger partial charge in [0.2, 0.25) is 17.7 Å². The third-order valence-electron chi connectivity index (χ3n) is 7.68. The maximum atomic E-state index is 14.0. The summed E-state index contributed by atoms with van der Waals surface area (Å²) >= 11 is 7.97. The molecule has 8 nitrogen and oxygen atoms in total. The van der Waals surface area contributed by atoms with E-state index in [2.05, 4.69) is 5.32 Å². The fourth-order valence-electron chi connectivity index (χ4n) is 5.56. The average molecular weight is 673 g/mol. The van der Waals surface area contributed by atoms with Gasteiger partial charge in [-0.1, -0.05) is 52.9 Å². The molecule has 1 N–H and O–H groups in total. The molecule has 232 valence electrons. The lowest BCUT2D eigenvalue weighted by Crippen LogP contribution is -2.33. The molecule has 45 heavy (non-hydrogen) atoms. The Morgan fingerprint density at radius 1 is 0.978 bits per heavy atom. The van der Waals surface area contributed by atoms with Crippen molar-refractivity contribution in [2.24, 2.45) is 5.92 Å². The smallest absolute Gasteiger partial charge is 0.378 e. The number of halogens is 4. The summed E-state index contributed by atoms with van der Waals surface area (Å²) in [5.41, 5.74) is 0.998. The van der Waals surface area contributed by atoms with Crippen molar-refractivity contribution in [3.05, 3.63) is 103 Å². The van der Waals surface area contributed by atoms with Gasteiger partial charge in [0.05, 0.1) is 22.2 Å². The van der Waals surface area contributed by atoms with E-state index >= 15 is 0 Å². The van der Waals surface area contributed by atoms with Crippen LogP contribution >= 0.6 is 34.7 Å². The first kappa shape index (κ1) is 30.9. The number of aromatic nitrogens is 1. The van der Waals surface area contributed by atoms with Gasteiger partial charge in [0.1, 0.15) is 11.8 Å². The number of imide groups is 1. The summed E-state index contributed by atoms with van der Waals surface area (Å²) in [6.07, 6.45) is -4.60. The molecule has 3 amide bonds. The number of fused-ring (bicyclic) bond motifs is 2. The number of amides is 3. The van der Waals surface area contributed by atoms with Gasteiger partial charge in [-0.05, 0) is 60.2 Å². The lowest BCUT2D eigenvalue weighted by Gasteiger charge is -2.31. The van der Waals surface area contributed by atoms with Gasteiger partial charge in [-0.15, -0.1) is 0 Å². The number of benzene rings is 3. The van der Waals surface area contributed by atoms with Gasteiger partial charge in [0.25, 0.3) is 0 Å². The van der Waals surface area contributed by atoms with Crippen molar-refractivity contribution in [3.63, 3.8) is 0 Å². The highest BCUT2D eigenvalue weighted by atomic mass is 35.5. The van der Waals surface area contributed by atoms with E-state index in [1.54, 1.807) is 24.3 Å². The number of thioether (sulfide) groups is 1. The maximum Gasteiger partial charge on any atom is 0.416 e. The summed E-state index contributed by atoms with van der Waals surface area (Å²) in [5, 5.41) is 2.35.